The molecule has 2 aliphatic carbocycles. The van der Waals surface area contributed by atoms with E-state index in [0.717, 1.165) is 38.5 Å². The van der Waals surface area contributed by atoms with Gasteiger partial charge in [0.1, 0.15) is 24.4 Å². The van der Waals surface area contributed by atoms with Crippen molar-refractivity contribution < 1.29 is 28.4 Å². The van der Waals surface area contributed by atoms with Gasteiger partial charge in [-0.3, -0.25) is 0 Å². The SMILES string of the molecule is CC(C)CO[C@@H]1[C@H]([C@@H]2COC3(CCCCC3)O2)O[C@H]2OC3(CCCCC3)O[C@@H]21. The molecule has 0 bridgehead atoms. The number of hydrogen-bond donors (Lipinski definition) is 0. The van der Waals surface area contributed by atoms with Crippen LogP contribution in [0.1, 0.15) is 78.1 Å². The highest BCUT2D eigenvalue weighted by atomic mass is 16.9. The normalized spacial score (nSPS) is 41.9. The van der Waals surface area contributed by atoms with Gasteiger partial charge in [-0.2, -0.15) is 0 Å². The number of rotatable bonds is 4. The third-order valence-electron chi connectivity index (χ3n) is 6.98. The monoisotopic (exact) mass is 396 g/mol. The minimum atomic E-state index is -0.463. The van der Waals surface area contributed by atoms with Crippen LogP contribution in [-0.2, 0) is 28.4 Å². The molecule has 28 heavy (non-hydrogen) atoms. The Morgan fingerprint density at radius 1 is 0.821 bits per heavy atom. The molecule has 160 valence electrons. The second-order valence-corrected chi connectivity index (χ2v) is 9.77. The number of hydrogen-bond acceptors (Lipinski definition) is 6. The Hall–Kier alpha value is -0.240. The summed E-state index contributed by atoms with van der Waals surface area (Å²) in [5, 5.41) is 0. The largest absolute Gasteiger partial charge is 0.372 e. The summed E-state index contributed by atoms with van der Waals surface area (Å²) in [4.78, 5) is 0. The highest BCUT2D eigenvalue weighted by Crippen LogP contribution is 2.48. The summed E-state index contributed by atoms with van der Waals surface area (Å²) in [5.74, 6) is -0.412. The van der Waals surface area contributed by atoms with E-state index in [9.17, 15) is 0 Å². The molecule has 0 unspecified atom stereocenters. The van der Waals surface area contributed by atoms with E-state index in [4.69, 9.17) is 28.4 Å². The van der Waals surface area contributed by atoms with Crippen molar-refractivity contribution in [2.24, 2.45) is 5.92 Å². The topological polar surface area (TPSA) is 55.4 Å². The molecule has 0 radical (unpaired) electrons. The van der Waals surface area contributed by atoms with Gasteiger partial charge in [-0.1, -0.05) is 26.7 Å². The zero-order valence-corrected chi connectivity index (χ0v) is 17.4. The van der Waals surface area contributed by atoms with Crippen LogP contribution in [0.2, 0.25) is 0 Å². The Balaban J connectivity index is 1.30. The van der Waals surface area contributed by atoms with Crippen molar-refractivity contribution in [3.05, 3.63) is 0 Å². The Morgan fingerprint density at radius 3 is 2.18 bits per heavy atom. The van der Waals surface area contributed by atoms with Crippen molar-refractivity contribution >= 4 is 0 Å². The highest BCUT2D eigenvalue weighted by Gasteiger charge is 2.61. The van der Waals surface area contributed by atoms with E-state index in [1.807, 2.05) is 0 Å². The summed E-state index contributed by atoms with van der Waals surface area (Å²) < 4.78 is 38.3. The molecular weight excluding hydrogens is 360 g/mol. The first-order chi connectivity index (χ1) is 13.6. The van der Waals surface area contributed by atoms with E-state index in [1.54, 1.807) is 0 Å². The quantitative estimate of drug-likeness (QED) is 0.718. The van der Waals surface area contributed by atoms with E-state index in [2.05, 4.69) is 13.8 Å². The molecule has 2 saturated carbocycles. The van der Waals surface area contributed by atoms with E-state index in [1.165, 1.54) is 25.7 Å². The average molecular weight is 397 g/mol. The zero-order valence-electron chi connectivity index (χ0n) is 17.4. The standard InChI is InChI=1S/C22H36O6/c1-15(2)13-23-18-17(16-14-24-21(26-16)9-5-3-6-10-21)25-20-19(18)27-22(28-20)11-7-4-8-12-22/h15-20H,3-14H2,1-2H3/t16-,17-,18+,19+,20-/m0/s1. The van der Waals surface area contributed by atoms with Crippen molar-refractivity contribution in [2.75, 3.05) is 13.2 Å². The van der Waals surface area contributed by atoms with Gasteiger partial charge in [0.05, 0.1) is 6.61 Å². The van der Waals surface area contributed by atoms with Gasteiger partial charge in [0.15, 0.2) is 17.9 Å². The van der Waals surface area contributed by atoms with Gasteiger partial charge < -0.3 is 28.4 Å². The third-order valence-corrected chi connectivity index (χ3v) is 6.98. The molecule has 5 rings (SSSR count). The minimum Gasteiger partial charge on any atom is -0.372 e. The molecule has 5 fully saturated rings. The van der Waals surface area contributed by atoms with E-state index in [-0.39, 0.29) is 30.7 Å². The summed E-state index contributed by atoms with van der Waals surface area (Å²) in [5.41, 5.74) is 0. The van der Waals surface area contributed by atoms with Gasteiger partial charge in [0, 0.05) is 32.3 Å². The summed E-state index contributed by atoms with van der Waals surface area (Å²) in [6.45, 7) is 5.59. The van der Waals surface area contributed by atoms with Crippen molar-refractivity contribution in [1.29, 1.82) is 0 Å². The summed E-state index contributed by atoms with van der Waals surface area (Å²) in [7, 11) is 0. The second kappa shape index (κ2) is 7.78. The van der Waals surface area contributed by atoms with Crippen molar-refractivity contribution in [2.45, 2.75) is 120 Å². The molecule has 3 aliphatic heterocycles. The molecule has 5 aliphatic rings. The Morgan fingerprint density at radius 2 is 1.50 bits per heavy atom. The fourth-order valence-electron chi connectivity index (χ4n) is 5.57. The summed E-state index contributed by atoms with van der Waals surface area (Å²) >= 11 is 0. The van der Waals surface area contributed by atoms with Gasteiger partial charge in [0.25, 0.3) is 0 Å². The van der Waals surface area contributed by atoms with Crippen molar-refractivity contribution in [3.63, 3.8) is 0 Å². The van der Waals surface area contributed by atoms with Gasteiger partial charge in [-0.25, -0.2) is 0 Å². The molecule has 6 heteroatoms. The first kappa shape index (κ1) is 19.7. The maximum atomic E-state index is 6.52. The molecule has 5 atom stereocenters. The molecular formula is C22H36O6. The van der Waals surface area contributed by atoms with E-state index in [0.29, 0.717) is 19.1 Å². The summed E-state index contributed by atoms with van der Waals surface area (Å²) in [6, 6.07) is 0. The molecule has 3 heterocycles. The molecule has 2 spiro atoms. The van der Waals surface area contributed by atoms with Gasteiger partial charge in [-0.05, 0) is 31.6 Å². The van der Waals surface area contributed by atoms with Crippen molar-refractivity contribution in [3.8, 4) is 0 Å². The van der Waals surface area contributed by atoms with E-state index >= 15 is 0 Å². The third kappa shape index (κ3) is 3.65. The lowest BCUT2D eigenvalue weighted by Crippen LogP contribution is -2.46. The van der Waals surface area contributed by atoms with Crippen LogP contribution < -0.4 is 0 Å². The molecule has 3 saturated heterocycles. The summed E-state index contributed by atoms with van der Waals surface area (Å²) in [6.07, 6.45) is 10.1. The van der Waals surface area contributed by atoms with Gasteiger partial charge >= 0.3 is 0 Å². The zero-order chi connectivity index (χ0) is 19.2. The predicted molar refractivity (Wildman–Crippen MR) is 102 cm³/mol. The number of ether oxygens (including phenoxy) is 6. The lowest BCUT2D eigenvalue weighted by molar-refractivity contribution is -0.262. The molecule has 6 nitrogen and oxygen atoms in total. The van der Waals surface area contributed by atoms with Gasteiger partial charge in [-0.15, -0.1) is 0 Å². The van der Waals surface area contributed by atoms with Crippen LogP contribution in [0.3, 0.4) is 0 Å². The van der Waals surface area contributed by atoms with Crippen LogP contribution >= 0.6 is 0 Å². The predicted octanol–water partition coefficient (Wildman–Crippen LogP) is 3.90. The smallest absolute Gasteiger partial charge is 0.190 e. The molecule has 0 aromatic heterocycles. The van der Waals surface area contributed by atoms with E-state index < -0.39 is 11.6 Å². The maximum absolute atomic E-state index is 6.52. The lowest BCUT2D eigenvalue weighted by atomic mass is 9.94. The second-order valence-electron chi connectivity index (χ2n) is 9.77. The molecule has 0 aromatic carbocycles. The Labute approximate surface area is 168 Å². The van der Waals surface area contributed by atoms with Crippen LogP contribution in [0.4, 0.5) is 0 Å². The highest BCUT2D eigenvalue weighted by molar-refractivity contribution is 5.01. The van der Waals surface area contributed by atoms with Crippen LogP contribution in [0, 0.1) is 5.92 Å². The van der Waals surface area contributed by atoms with Crippen LogP contribution in [-0.4, -0.2) is 55.5 Å². The number of fused-ring (bicyclic) bond motifs is 1. The molecule has 0 N–H and O–H groups in total. The van der Waals surface area contributed by atoms with Gasteiger partial charge in [0.2, 0.25) is 0 Å². The lowest BCUT2D eigenvalue weighted by Gasteiger charge is -2.35. The Bertz CT molecular complexity index is 539. The van der Waals surface area contributed by atoms with Crippen molar-refractivity contribution in [1.82, 2.24) is 0 Å². The maximum Gasteiger partial charge on any atom is 0.190 e. The molecule has 0 aromatic rings. The van der Waals surface area contributed by atoms with Crippen LogP contribution in [0.15, 0.2) is 0 Å². The fraction of sp³-hybridized carbons (Fsp3) is 1.00. The van der Waals surface area contributed by atoms with Crippen LogP contribution in [0.5, 0.6) is 0 Å². The average Bonchev–Trinajstić information content (AvgIpc) is 3.33. The van der Waals surface area contributed by atoms with Crippen LogP contribution in [0.25, 0.3) is 0 Å². The first-order valence-electron chi connectivity index (χ1n) is 11.5. The Kier molecular flexibility index (Phi) is 5.48. The fourth-order valence-corrected chi connectivity index (χ4v) is 5.57. The minimum absolute atomic E-state index is 0.115. The first-order valence-corrected chi connectivity index (χ1v) is 11.5. The molecule has 0 amide bonds.